The van der Waals surface area contributed by atoms with Crippen LogP contribution >= 0.6 is 11.6 Å². The average molecular weight is 237 g/mol. The first-order chi connectivity index (χ1) is 7.66. The predicted molar refractivity (Wildman–Crippen MR) is 63.7 cm³/mol. The number of aromatic nitrogens is 3. The van der Waals surface area contributed by atoms with E-state index in [9.17, 15) is 0 Å². The fourth-order valence-electron chi connectivity index (χ4n) is 1.53. The summed E-state index contributed by atoms with van der Waals surface area (Å²) in [5.41, 5.74) is 7.70. The van der Waals surface area contributed by atoms with Crippen LogP contribution in [0.25, 0.3) is 5.69 Å². The van der Waals surface area contributed by atoms with Gasteiger partial charge in [-0.25, -0.2) is 4.68 Å². The third kappa shape index (κ3) is 2.40. The topological polar surface area (TPSA) is 56.7 Å². The molecule has 4 nitrogen and oxygen atoms in total. The summed E-state index contributed by atoms with van der Waals surface area (Å²) in [4.78, 5) is 0. The lowest BCUT2D eigenvalue weighted by Crippen LogP contribution is -2.19. The molecule has 5 heteroatoms. The highest BCUT2D eigenvalue weighted by Crippen LogP contribution is 2.14. The quantitative estimate of drug-likeness (QED) is 0.884. The van der Waals surface area contributed by atoms with Crippen molar-refractivity contribution in [2.45, 2.75) is 19.4 Å². The summed E-state index contributed by atoms with van der Waals surface area (Å²) in [6.45, 7) is 1.96. The lowest BCUT2D eigenvalue weighted by atomic mass is 10.2. The van der Waals surface area contributed by atoms with Gasteiger partial charge in [0.1, 0.15) is 0 Å². The van der Waals surface area contributed by atoms with Gasteiger partial charge in [-0.05, 0) is 31.2 Å². The summed E-state index contributed by atoms with van der Waals surface area (Å²) >= 11 is 5.83. The Kier molecular flexibility index (Phi) is 3.22. The molecule has 2 aromatic rings. The van der Waals surface area contributed by atoms with Crippen LogP contribution in [0, 0.1) is 0 Å². The van der Waals surface area contributed by atoms with Gasteiger partial charge >= 0.3 is 0 Å². The van der Waals surface area contributed by atoms with Crippen LogP contribution in [0.3, 0.4) is 0 Å². The zero-order valence-electron chi connectivity index (χ0n) is 8.97. The van der Waals surface area contributed by atoms with Crippen molar-refractivity contribution in [2.24, 2.45) is 5.73 Å². The van der Waals surface area contributed by atoms with E-state index in [1.54, 1.807) is 10.9 Å². The second kappa shape index (κ2) is 4.63. The summed E-state index contributed by atoms with van der Waals surface area (Å²) in [5, 5.41) is 8.64. The molecule has 1 heterocycles. The molecule has 1 aromatic carbocycles. The molecule has 0 bridgehead atoms. The minimum Gasteiger partial charge on any atom is -0.328 e. The number of nitrogens with two attached hydrogens (primary N) is 1. The Morgan fingerprint density at radius 1 is 1.38 bits per heavy atom. The van der Waals surface area contributed by atoms with Crippen molar-refractivity contribution in [2.75, 3.05) is 0 Å². The Balaban J connectivity index is 2.33. The molecule has 0 spiro atoms. The van der Waals surface area contributed by atoms with E-state index in [-0.39, 0.29) is 6.04 Å². The maximum absolute atomic E-state index is 5.83. The zero-order chi connectivity index (χ0) is 11.5. The molecule has 1 atom stereocenters. The van der Waals surface area contributed by atoms with E-state index in [0.717, 1.165) is 17.8 Å². The number of nitrogens with zero attached hydrogens (tertiary/aromatic N) is 3. The highest BCUT2D eigenvalue weighted by molar-refractivity contribution is 6.30. The van der Waals surface area contributed by atoms with Gasteiger partial charge in [0.15, 0.2) is 0 Å². The van der Waals surface area contributed by atoms with Crippen molar-refractivity contribution >= 4 is 11.6 Å². The van der Waals surface area contributed by atoms with Crippen LogP contribution in [0.15, 0.2) is 30.5 Å². The summed E-state index contributed by atoms with van der Waals surface area (Å²) in [6, 6.07) is 7.55. The molecule has 0 aliphatic carbocycles. The molecule has 0 radical (unpaired) electrons. The van der Waals surface area contributed by atoms with Crippen molar-refractivity contribution in [3.05, 3.63) is 41.2 Å². The van der Waals surface area contributed by atoms with Gasteiger partial charge < -0.3 is 5.73 Å². The smallest absolute Gasteiger partial charge is 0.0730 e. The van der Waals surface area contributed by atoms with E-state index in [1.807, 2.05) is 31.2 Å². The molecule has 2 rings (SSSR count). The average Bonchev–Trinajstić information content (AvgIpc) is 2.66. The lowest BCUT2D eigenvalue weighted by molar-refractivity contribution is 0.682. The first-order valence-electron chi connectivity index (χ1n) is 5.08. The highest BCUT2D eigenvalue weighted by atomic mass is 35.5. The number of halogens is 1. The molecule has 0 amide bonds. The van der Waals surface area contributed by atoms with Crippen LogP contribution in [-0.2, 0) is 6.42 Å². The van der Waals surface area contributed by atoms with E-state index >= 15 is 0 Å². The monoisotopic (exact) mass is 236 g/mol. The van der Waals surface area contributed by atoms with E-state index in [1.165, 1.54) is 0 Å². The Hall–Kier alpha value is -1.39. The zero-order valence-corrected chi connectivity index (χ0v) is 9.72. The molecule has 1 unspecified atom stereocenters. The largest absolute Gasteiger partial charge is 0.328 e. The van der Waals surface area contributed by atoms with Gasteiger partial charge in [0, 0.05) is 17.5 Å². The van der Waals surface area contributed by atoms with Gasteiger partial charge in [-0.2, -0.15) is 0 Å². The standard InChI is InChI=1S/C11H13ClN4/c1-8(13)6-11-7-14-15-16(11)10-4-2-9(12)3-5-10/h2-5,7-8H,6,13H2,1H3. The fraction of sp³-hybridized carbons (Fsp3) is 0.273. The third-order valence-electron chi connectivity index (χ3n) is 2.22. The summed E-state index contributed by atoms with van der Waals surface area (Å²) in [7, 11) is 0. The second-order valence-electron chi connectivity index (χ2n) is 3.79. The Morgan fingerprint density at radius 3 is 2.69 bits per heavy atom. The predicted octanol–water partition coefficient (Wildman–Crippen LogP) is 1.81. The number of benzene rings is 1. The molecule has 84 valence electrons. The van der Waals surface area contributed by atoms with Gasteiger partial charge in [-0.1, -0.05) is 16.8 Å². The minimum atomic E-state index is 0.0875. The van der Waals surface area contributed by atoms with E-state index in [4.69, 9.17) is 17.3 Å². The number of hydrogen-bond donors (Lipinski definition) is 1. The summed E-state index contributed by atoms with van der Waals surface area (Å²) in [5.74, 6) is 0. The SMILES string of the molecule is CC(N)Cc1cnnn1-c1ccc(Cl)cc1. The van der Waals surface area contributed by atoms with Crippen LogP contribution in [0.5, 0.6) is 0 Å². The van der Waals surface area contributed by atoms with Crippen LogP contribution in [0.2, 0.25) is 5.02 Å². The molecule has 0 saturated heterocycles. The number of rotatable bonds is 3. The molecule has 0 aliphatic heterocycles. The first kappa shape index (κ1) is 11.1. The molecular weight excluding hydrogens is 224 g/mol. The number of hydrogen-bond acceptors (Lipinski definition) is 3. The molecule has 0 aliphatic rings. The molecular formula is C11H13ClN4. The van der Waals surface area contributed by atoms with E-state index < -0.39 is 0 Å². The Bertz CT molecular complexity index is 461. The van der Waals surface area contributed by atoms with Gasteiger partial charge in [0.25, 0.3) is 0 Å². The fourth-order valence-corrected chi connectivity index (χ4v) is 1.65. The van der Waals surface area contributed by atoms with Crippen LogP contribution in [0.1, 0.15) is 12.6 Å². The van der Waals surface area contributed by atoms with Crippen LogP contribution < -0.4 is 5.73 Å². The summed E-state index contributed by atoms with van der Waals surface area (Å²) < 4.78 is 1.78. The van der Waals surface area contributed by atoms with Crippen LogP contribution in [-0.4, -0.2) is 21.0 Å². The summed E-state index contributed by atoms with van der Waals surface area (Å²) in [6.07, 6.45) is 2.48. The normalized spacial score (nSPS) is 12.7. The third-order valence-corrected chi connectivity index (χ3v) is 2.47. The Labute approximate surface area is 99.0 Å². The highest BCUT2D eigenvalue weighted by Gasteiger charge is 2.07. The molecule has 2 N–H and O–H groups in total. The molecule has 1 aromatic heterocycles. The molecule has 0 fully saturated rings. The van der Waals surface area contributed by atoms with Crippen molar-refractivity contribution in [1.82, 2.24) is 15.0 Å². The van der Waals surface area contributed by atoms with Gasteiger partial charge in [-0.15, -0.1) is 5.10 Å². The minimum absolute atomic E-state index is 0.0875. The van der Waals surface area contributed by atoms with E-state index in [2.05, 4.69) is 10.3 Å². The van der Waals surface area contributed by atoms with Gasteiger partial charge in [-0.3, -0.25) is 0 Å². The van der Waals surface area contributed by atoms with Crippen molar-refractivity contribution in [3.8, 4) is 5.69 Å². The first-order valence-corrected chi connectivity index (χ1v) is 5.45. The maximum Gasteiger partial charge on any atom is 0.0730 e. The maximum atomic E-state index is 5.83. The van der Waals surface area contributed by atoms with Crippen molar-refractivity contribution in [1.29, 1.82) is 0 Å². The van der Waals surface area contributed by atoms with Gasteiger partial charge in [0.05, 0.1) is 17.6 Å². The lowest BCUT2D eigenvalue weighted by Gasteiger charge is -2.07. The van der Waals surface area contributed by atoms with Gasteiger partial charge in [0.2, 0.25) is 0 Å². The van der Waals surface area contributed by atoms with Crippen molar-refractivity contribution < 1.29 is 0 Å². The van der Waals surface area contributed by atoms with Crippen molar-refractivity contribution in [3.63, 3.8) is 0 Å². The molecule has 16 heavy (non-hydrogen) atoms. The second-order valence-corrected chi connectivity index (χ2v) is 4.23. The molecule has 0 saturated carbocycles. The Morgan fingerprint density at radius 2 is 2.06 bits per heavy atom. The van der Waals surface area contributed by atoms with E-state index in [0.29, 0.717) is 5.02 Å². The van der Waals surface area contributed by atoms with Crippen LogP contribution in [0.4, 0.5) is 0 Å².